The third kappa shape index (κ3) is 3.28. The third-order valence-corrected chi connectivity index (χ3v) is 9.81. The summed E-state index contributed by atoms with van der Waals surface area (Å²) >= 11 is 0. The van der Waals surface area contributed by atoms with E-state index in [4.69, 9.17) is 0 Å². The van der Waals surface area contributed by atoms with E-state index >= 15 is 0 Å². The van der Waals surface area contributed by atoms with Gasteiger partial charge in [-0.1, -0.05) is 19.4 Å². The Balaban J connectivity index is 1.71. The van der Waals surface area contributed by atoms with Gasteiger partial charge in [-0.25, -0.2) is 0 Å². The zero-order valence-electron chi connectivity index (χ0n) is 19.1. The van der Waals surface area contributed by atoms with Crippen molar-refractivity contribution < 1.29 is 19.8 Å². The Morgan fingerprint density at radius 2 is 1.93 bits per heavy atom. The second-order valence-corrected chi connectivity index (χ2v) is 11.3. The minimum Gasteiger partial charge on any atom is -0.481 e. The number of nitrogens with zero attached hydrogens (tertiary/aromatic N) is 1. The molecule has 5 nitrogen and oxygen atoms in total. The molecule has 0 radical (unpaired) electrons. The van der Waals surface area contributed by atoms with E-state index in [-0.39, 0.29) is 28.6 Å². The fourth-order valence-electron chi connectivity index (χ4n) is 8.11. The third-order valence-electron chi connectivity index (χ3n) is 9.81. The number of carboxylic acids is 1. The molecular weight excluding hydrogens is 378 g/mol. The number of aliphatic carboxylic acids is 1. The van der Waals surface area contributed by atoms with Crippen LogP contribution in [0.25, 0.3) is 0 Å². The van der Waals surface area contributed by atoms with Crippen LogP contribution in [0.3, 0.4) is 0 Å². The van der Waals surface area contributed by atoms with Crippen LogP contribution in [0.15, 0.2) is 11.6 Å². The molecular formula is C25H39NO4. The van der Waals surface area contributed by atoms with Crippen molar-refractivity contribution in [3.63, 3.8) is 0 Å². The summed E-state index contributed by atoms with van der Waals surface area (Å²) in [6.07, 6.45) is 8.62. The molecule has 0 aromatic rings. The number of aliphatic hydroxyl groups excluding tert-OH is 1. The molecule has 3 fully saturated rings. The summed E-state index contributed by atoms with van der Waals surface area (Å²) in [5.41, 5.74) is 1.000. The van der Waals surface area contributed by atoms with Gasteiger partial charge in [0.05, 0.1) is 12.0 Å². The van der Waals surface area contributed by atoms with Crippen molar-refractivity contribution in [2.75, 3.05) is 20.6 Å². The monoisotopic (exact) mass is 417 g/mol. The number of hydrogen-bond donors (Lipinski definition) is 2. The smallest absolute Gasteiger partial charge is 0.306 e. The first-order valence-electron chi connectivity index (χ1n) is 11.9. The van der Waals surface area contributed by atoms with Crippen molar-refractivity contribution in [2.24, 2.45) is 40.4 Å². The SMILES string of the molecule is CN(C)CCC(C(=O)O)C1CC(=O)C=C2CC[C@H]3[C@@H]4CC[C@H](O)[C@@]4(C)CC[C@@H]3[C@]21C. The van der Waals surface area contributed by atoms with E-state index in [0.717, 1.165) is 45.1 Å². The molecule has 4 rings (SSSR count). The minimum absolute atomic E-state index is 0.00977. The minimum atomic E-state index is -0.754. The molecule has 5 heteroatoms. The summed E-state index contributed by atoms with van der Waals surface area (Å²) in [6, 6.07) is 0. The Morgan fingerprint density at radius 1 is 1.20 bits per heavy atom. The van der Waals surface area contributed by atoms with Gasteiger partial charge >= 0.3 is 5.97 Å². The molecule has 4 aliphatic rings. The summed E-state index contributed by atoms with van der Waals surface area (Å²) in [5, 5.41) is 20.9. The van der Waals surface area contributed by atoms with Gasteiger partial charge in [-0.15, -0.1) is 0 Å². The Morgan fingerprint density at radius 3 is 2.60 bits per heavy atom. The predicted octanol–water partition coefficient (Wildman–Crippen LogP) is 3.76. The first kappa shape index (κ1) is 22.0. The number of ketones is 1. The number of carboxylic acid groups (broad SMARTS) is 1. The predicted molar refractivity (Wildman–Crippen MR) is 116 cm³/mol. The Hall–Kier alpha value is -1.20. The summed E-state index contributed by atoms with van der Waals surface area (Å²) in [4.78, 5) is 27.1. The van der Waals surface area contributed by atoms with Crippen LogP contribution in [0.2, 0.25) is 0 Å². The molecule has 0 spiro atoms. The zero-order chi connectivity index (χ0) is 21.8. The van der Waals surface area contributed by atoms with Crippen LogP contribution >= 0.6 is 0 Å². The van der Waals surface area contributed by atoms with Crippen LogP contribution in [-0.2, 0) is 9.59 Å². The maximum atomic E-state index is 12.7. The number of hydrogen-bond acceptors (Lipinski definition) is 4. The lowest BCUT2D eigenvalue weighted by atomic mass is 9.44. The molecule has 3 saturated carbocycles. The lowest BCUT2D eigenvalue weighted by Gasteiger charge is -2.60. The van der Waals surface area contributed by atoms with Crippen LogP contribution in [0.5, 0.6) is 0 Å². The van der Waals surface area contributed by atoms with Gasteiger partial charge in [-0.2, -0.15) is 0 Å². The van der Waals surface area contributed by atoms with E-state index in [1.54, 1.807) is 0 Å². The largest absolute Gasteiger partial charge is 0.481 e. The fraction of sp³-hybridized carbons (Fsp3) is 0.840. The van der Waals surface area contributed by atoms with E-state index in [1.165, 1.54) is 5.57 Å². The second-order valence-electron chi connectivity index (χ2n) is 11.3. The number of rotatable bonds is 5. The normalized spacial score (nSPS) is 44.1. The van der Waals surface area contributed by atoms with Gasteiger partial charge in [0.1, 0.15) is 0 Å². The Kier molecular flexibility index (Phi) is 5.68. The molecule has 0 aliphatic heterocycles. The lowest BCUT2D eigenvalue weighted by molar-refractivity contribution is -0.151. The molecule has 8 atom stereocenters. The van der Waals surface area contributed by atoms with Gasteiger partial charge in [-0.3, -0.25) is 9.59 Å². The average Bonchev–Trinajstić information content (AvgIpc) is 2.97. The topological polar surface area (TPSA) is 77.8 Å². The molecule has 0 saturated heterocycles. The van der Waals surface area contributed by atoms with Crippen molar-refractivity contribution in [3.05, 3.63) is 11.6 Å². The van der Waals surface area contributed by atoms with Crippen molar-refractivity contribution in [1.82, 2.24) is 4.90 Å². The van der Waals surface area contributed by atoms with Crippen molar-refractivity contribution in [2.45, 2.75) is 71.3 Å². The van der Waals surface area contributed by atoms with Gasteiger partial charge in [0, 0.05) is 6.42 Å². The van der Waals surface area contributed by atoms with Crippen LogP contribution in [0.1, 0.15) is 65.2 Å². The van der Waals surface area contributed by atoms with Crippen LogP contribution < -0.4 is 0 Å². The fourth-order valence-corrected chi connectivity index (χ4v) is 8.11. The zero-order valence-corrected chi connectivity index (χ0v) is 19.1. The first-order valence-corrected chi connectivity index (χ1v) is 11.9. The molecule has 0 aromatic heterocycles. The summed E-state index contributed by atoms with van der Waals surface area (Å²) in [6.45, 7) is 5.28. The number of allylic oxidation sites excluding steroid dienone is 1. The number of fused-ring (bicyclic) bond motifs is 5. The van der Waals surface area contributed by atoms with Gasteiger partial charge < -0.3 is 15.1 Å². The van der Waals surface area contributed by atoms with Crippen LogP contribution in [0.4, 0.5) is 0 Å². The number of carbonyl (C=O) groups is 2. The molecule has 0 amide bonds. The quantitative estimate of drug-likeness (QED) is 0.712. The van der Waals surface area contributed by atoms with E-state index in [1.807, 2.05) is 25.1 Å². The standard InChI is InChI=1S/C25H39NO4/c1-24-11-9-20-17(19(24)7-8-22(24)28)6-5-15-13-16(27)14-21(25(15,20)2)18(23(29)30)10-12-26(3)4/h13,17-22,28H,5-12,14H2,1-4H3,(H,29,30)/t17-,18?,19-,20-,21?,22-,24-,25-/m0/s1. The number of carbonyl (C=O) groups excluding carboxylic acids is 1. The Labute approximate surface area is 180 Å². The highest BCUT2D eigenvalue weighted by atomic mass is 16.4. The Bertz CT molecular complexity index is 745. The maximum Gasteiger partial charge on any atom is 0.306 e. The summed E-state index contributed by atoms with van der Waals surface area (Å²) in [7, 11) is 3.95. The van der Waals surface area contributed by atoms with Crippen LogP contribution in [0, 0.1) is 40.4 Å². The highest BCUT2D eigenvalue weighted by molar-refractivity contribution is 5.92. The molecule has 0 heterocycles. The van der Waals surface area contributed by atoms with E-state index in [2.05, 4.69) is 13.8 Å². The summed E-state index contributed by atoms with van der Waals surface area (Å²) < 4.78 is 0. The average molecular weight is 418 g/mol. The highest BCUT2D eigenvalue weighted by Crippen LogP contribution is 2.67. The number of aliphatic hydroxyl groups is 1. The molecule has 0 aromatic carbocycles. The molecule has 2 unspecified atom stereocenters. The van der Waals surface area contributed by atoms with E-state index in [0.29, 0.717) is 30.6 Å². The molecule has 0 bridgehead atoms. The molecule has 30 heavy (non-hydrogen) atoms. The second kappa shape index (κ2) is 7.74. The van der Waals surface area contributed by atoms with Gasteiger partial charge in [0.2, 0.25) is 0 Å². The van der Waals surface area contributed by atoms with Gasteiger partial charge in [0.25, 0.3) is 0 Å². The van der Waals surface area contributed by atoms with Gasteiger partial charge in [-0.05, 0) is 106 Å². The summed E-state index contributed by atoms with van der Waals surface area (Å²) in [5.74, 6) is 0.197. The van der Waals surface area contributed by atoms with Crippen molar-refractivity contribution in [3.8, 4) is 0 Å². The first-order chi connectivity index (χ1) is 14.1. The highest BCUT2D eigenvalue weighted by Gasteiger charge is 2.61. The van der Waals surface area contributed by atoms with Crippen molar-refractivity contribution >= 4 is 11.8 Å². The van der Waals surface area contributed by atoms with E-state index < -0.39 is 11.9 Å². The molecule has 168 valence electrons. The lowest BCUT2D eigenvalue weighted by Crippen LogP contribution is -2.55. The molecule has 2 N–H and O–H groups in total. The molecule has 4 aliphatic carbocycles. The van der Waals surface area contributed by atoms with Gasteiger partial charge in [0.15, 0.2) is 5.78 Å². The van der Waals surface area contributed by atoms with E-state index in [9.17, 15) is 19.8 Å². The van der Waals surface area contributed by atoms with Crippen LogP contribution in [-0.4, -0.2) is 53.6 Å². The maximum absolute atomic E-state index is 12.7. The van der Waals surface area contributed by atoms with Crippen molar-refractivity contribution in [1.29, 1.82) is 0 Å².